The van der Waals surface area contributed by atoms with Crippen LogP contribution in [0, 0.1) is 10.1 Å². The number of nitro groups is 1. The fraction of sp³-hybridized carbons (Fsp3) is 0.214. The molecule has 0 amide bonds. The van der Waals surface area contributed by atoms with E-state index < -0.39 is 0 Å². The van der Waals surface area contributed by atoms with E-state index >= 15 is 0 Å². The molecule has 104 valence electrons. The molecule has 20 heavy (non-hydrogen) atoms. The maximum atomic E-state index is 11.2. The van der Waals surface area contributed by atoms with E-state index in [9.17, 15) is 10.1 Å². The van der Waals surface area contributed by atoms with Crippen LogP contribution < -0.4 is 5.73 Å². The van der Waals surface area contributed by atoms with Crippen molar-refractivity contribution < 1.29 is 4.92 Å². The lowest BCUT2D eigenvalue weighted by molar-refractivity contribution is -0.387. The number of nitrogens with two attached hydrogens (primary N) is 1. The van der Waals surface area contributed by atoms with Gasteiger partial charge in [-0.3, -0.25) is 10.1 Å². The topological polar surface area (TPSA) is 82.0 Å². The Kier molecular flexibility index (Phi) is 4.70. The molecule has 1 aromatic carbocycles. The predicted octanol–water partition coefficient (Wildman–Crippen LogP) is 3.03. The number of hydrogen-bond donors (Lipinski definition) is 1. The number of nitrogens with zero attached hydrogens (tertiary/aromatic N) is 2. The molecule has 2 rings (SSSR count). The second-order valence-corrected chi connectivity index (χ2v) is 5.57. The lowest BCUT2D eigenvalue weighted by Gasteiger charge is -2.07. The molecule has 6 heteroatoms. The van der Waals surface area contributed by atoms with Gasteiger partial charge in [0.2, 0.25) is 0 Å². The van der Waals surface area contributed by atoms with Crippen LogP contribution >= 0.6 is 11.8 Å². The molecular weight excluding hydrogens is 274 g/mol. The van der Waals surface area contributed by atoms with E-state index in [-0.39, 0.29) is 16.7 Å². The first-order valence-corrected chi connectivity index (χ1v) is 6.99. The summed E-state index contributed by atoms with van der Waals surface area (Å²) >= 11 is 1.29. The van der Waals surface area contributed by atoms with Crippen molar-refractivity contribution in [1.29, 1.82) is 0 Å². The molecule has 2 aromatic rings. The molecule has 1 unspecified atom stereocenters. The fourth-order valence-electron chi connectivity index (χ4n) is 1.81. The van der Waals surface area contributed by atoms with Crippen LogP contribution in [0.1, 0.15) is 12.5 Å². The quantitative estimate of drug-likeness (QED) is 0.675. The Labute approximate surface area is 121 Å². The van der Waals surface area contributed by atoms with Crippen molar-refractivity contribution in [3.8, 4) is 0 Å². The average Bonchev–Trinajstić information content (AvgIpc) is 2.41. The largest absolute Gasteiger partial charge is 0.328 e. The number of rotatable bonds is 5. The van der Waals surface area contributed by atoms with Gasteiger partial charge in [-0.1, -0.05) is 23.9 Å². The number of pyridine rings is 1. The second-order valence-electron chi connectivity index (χ2n) is 4.51. The Morgan fingerprint density at radius 2 is 2.20 bits per heavy atom. The highest BCUT2D eigenvalue weighted by atomic mass is 32.2. The third-order valence-electron chi connectivity index (χ3n) is 2.63. The predicted molar refractivity (Wildman–Crippen MR) is 78.8 cm³/mol. The Hall–Kier alpha value is -1.92. The van der Waals surface area contributed by atoms with E-state index in [2.05, 4.69) is 4.98 Å². The van der Waals surface area contributed by atoms with Gasteiger partial charge in [-0.2, -0.15) is 0 Å². The van der Waals surface area contributed by atoms with Crippen LogP contribution in [0.3, 0.4) is 0 Å². The average molecular weight is 289 g/mol. The molecule has 0 saturated heterocycles. The standard InChI is InChI=1S/C14H15N3O2S/c1-10(15)8-11-5-6-13(12(9-11)17(18)19)20-14-4-2-3-7-16-14/h2-7,9-10H,8,15H2,1H3. The van der Waals surface area contributed by atoms with Crippen LogP contribution in [0.5, 0.6) is 0 Å². The van der Waals surface area contributed by atoms with E-state index in [1.807, 2.05) is 31.2 Å². The first-order chi connectivity index (χ1) is 9.56. The van der Waals surface area contributed by atoms with Crippen LogP contribution in [-0.4, -0.2) is 15.9 Å². The SMILES string of the molecule is CC(N)Cc1ccc(Sc2ccccn2)c([N+](=O)[O-])c1. The zero-order valence-corrected chi connectivity index (χ0v) is 11.8. The third-order valence-corrected chi connectivity index (χ3v) is 3.65. The van der Waals surface area contributed by atoms with Crippen LogP contribution in [0.15, 0.2) is 52.5 Å². The highest BCUT2D eigenvalue weighted by molar-refractivity contribution is 7.99. The van der Waals surface area contributed by atoms with E-state index in [1.165, 1.54) is 11.8 Å². The number of hydrogen-bond acceptors (Lipinski definition) is 5. The molecule has 0 saturated carbocycles. The molecule has 2 N–H and O–H groups in total. The van der Waals surface area contributed by atoms with Crippen molar-refractivity contribution in [3.05, 3.63) is 58.3 Å². The summed E-state index contributed by atoms with van der Waals surface area (Å²) in [6.07, 6.45) is 2.29. The monoisotopic (exact) mass is 289 g/mol. The van der Waals surface area contributed by atoms with Gasteiger partial charge in [-0.05, 0) is 37.1 Å². The van der Waals surface area contributed by atoms with E-state index in [4.69, 9.17) is 5.73 Å². The maximum absolute atomic E-state index is 11.2. The molecule has 5 nitrogen and oxygen atoms in total. The summed E-state index contributed by atoms with van der Waals surface area (Å²) in [5, 5.41) is 11.9. The Bertz CT molecular complexity index is 603. The molecule has 1 aromatic heterocycles. The number of benzene rings is 1. The van der Waals surface area contributed by atoms with Gasteiger partial charge in [0.25, 0.3) is 5.69 Å². The first kappa shape index (κ1) is 14.5. The summed E-state index contributed by atoms with van der Waals surface area (Å²) in [5.41, 5.74) is 6.70. The molecule has 0 spiro atoms. The third kappa shape index (κ3) is 3.79. The highest BCUT2D eigenvalue weighted by Gasteiger charge is 2.16. The Morgan fingerprint density at radius 1 is 1.40 bits per heavy atom. The van der Waals surface area contributed by atoms with E-state index in [0.717, 1.165) is 10.6 Å². The summed E-state index contributed by atoms with van der Waals surface area (Å²) in [5.74, 6) is 0. The van der Waals surface area contributed by atoms with Gasteiger partial charge in [0.15, 0.2) is 0 Å². The molecule has 0 aliphatic carbocycles. The Balaban J connectivity index is 2.30. The molecule has 1 atom stereocenters. The molecule has 0 bridgehead atoms. The number of nitro benzene ring substituents is 1. The lowest BCUT2D eigenvalue weighted by atomic mass is 10.1. The van der Waals surface area contributed by atoms with Crippen molar-refractivity contribution in [2.45, 2.75) is 29.3 Å². The highest BCUT2D eigenvalue weighted by Crippen LogP contribution is 2.34. The lowest BCUT2D eigenvalue weighted by Crippen LogP contribution is -2.17. The van der Waals surface area contributed by atoms with Gasteiger partial charge >= 0.3 is 0 Å². The van der Waals surface area contributed by atoms with Crippen LogP contribution in [0.2, 0.25) is 0 Å². The summed E-state index contributed by atoms with van der Waals surface area (Å²) in [4.78, 5) is 15.6. The van der Waals surface area contributed by atoms with Gasteiger partial charge in [0.05, 0.1) is 9.82 Å². The zero-order valence-electron chi connectivity index (χ0n) is 11.0. The fourth-order valence-corrected chi connectivity index (χ4v) is 2.67. The summed E-state index contributed by atoms with van der Waals surface area (Å²) < 4.78 is 0. The second kappa shape index (κ2) is 6.49. The zero-order chi connectivity index (χ0) is 14.5. The molecule has 0 fully saturated rings. The van der Waals surface area contributed by atoms with E-state index in [1.54, 1.807) is 18.3 Å². The minimum Gasteiger partial charge on any atom is -0.328 e. The van der Waals surface area contributed by atoms with Crippen LogP contribution in [0.25, 0.3) is 0 Å². The smallest absolute Gasteiger partial charge is 0.283 e. The van der Waals surface area contributed by atoms with Gasteiger partial charge in [-0.25, -0.2) is 4.98 Å². The summed E-state index contributed by atoms with van der Waals surface area (Å²) in [7, 11) is 0. The van der Waals surface area contributed by atoms with Crippen molar-refractivity contribution in [1.82, 2.24) is 4.98 Å². The molecule has 0 aliphatic rings. The minimum atomic E-state index is -0.365. The molecule has 0 radical (unpaired) electrons. The van der Waals surface area contributed by atoms with Crippen molar-refractivity contribution in [2.24, 2.45) is 5.73 Å². The van der Waals surface area contributed by atoms with Crippen LogP contribution in [-0.2, 0) is 6.42 Å². The first-order valence-electron chi connectivity index (χ1n) is 6.18. The van der Waals surface area contributed by atoms with Gasteiger partial charge in [0.1, 0.15) is 5.03 Å². The van der Waals surface area contributed by atoms with Gasteiger partial charge in [0, 0.05) is 18.3 Å². The van der Waals surface area contributed by atoms with Crippen molar-refractivity contribution in [2.75, 3.05) is 0 Å². The molecule has 0 aliphatic heterocycles. The van der Waals surface area contributed by atoms with Gasteiger partial charge < -0.3 is 5.73 Å². The number of aromatic nitrogens is 1. The molecule has 1 heterocycles. The Morgan fingerprint density at radius 3 is 2.80 bits per heavy atom. The normalized spacial score (nSPS) is 12.1. The summed E-state index contributed by atoms with van der Waals surface area (Å²) in [6, 6.07) is 10.7. The van der Waals surface area contributed by atoms with Crippen molar-refractivity contribution in [3.63, 3.8) is 0 Å². The summed E-state index contributed by atoms with van der Waals surface area (Å²) in [6.45, 7) is 1.88. The van der Waals surface area contributed by atoms with E-state index in [0.29, 0.717) is 11.3 Å². The molecular formula is C14H15N3O2S. The van der Waals surface area contributed by atoms with Gasteiger partial charge in [-0.15, -0.1) is 0 Å². The van der Waals surface area contributed by atoms with Crippen molar-refractivity contribution >= 4 is 17.4 Å². The minimum absolute atomic E-state index is 0.0242. The maximum Gasteiger partial charge on any atom is 0.283 e. The van der Waals surface area contributed by atoms with Crippen LogP contribution in [0.4, 0.5) is 5.69 Å².